The summed E-state index contributed by atoms with van der Waals surface area (Å²) in [6.07, 6.45) is 6.95. The van der Waals surface area contributed by atoms with E-state index in [4.69, 9.17) is 15.0 Å². The lowest BCUT2D eigenvalue weighted by atomic mass is 9.95. The summed E-state index contributed by atoms with van der Waals surface area (Å²) < 4.78 is 2.47. The van der Waals surface area contributed by atoms with Crippen molar-refractivity contribution in [3.8, 4) is 51.0 Å². The highest BCUT2D eigenvalue weighted by molar-refractivity contribution is 6.32. The summed E-state index contributed by atoms with van der Waals surface area (Å²) in [6, 6.07) is 60.1. The molecule has 0 amide bonds. The molecular weight excluding hydrogens is 669 g/mol. The fourth-order valence-electron chi connectivity index (χ4n) is 8.49. The van der Waals surface area contributed by atoms with Crippen LogP contribution in [0.1, 0.15) is 12.8 Å². The second kappa shape index (κ2) is 12.8. The van der Waals surface area contributed by atoms with E-state index in [1.54, 1.807) is 0 Å². The van der Waals surface area contributed by atoms with E-state index >= 15 is 0 Å². The molecule has 0 fully saturated rings. The number of fused-ring (bicyclic) bond motifs is 10. The molecule has 1 aliphatic carbocycles. The van der Waals surface area contributed by atoms with Crippen LogP contribution in [0.15, 0.2) is 170 Å². The molecular formula is C51H34N4. The number of hydrogen-bond acceptors (Lipinski definition) is 3. The van der Waals surface area contributed by atoms with Gasteiger partial charge in [-0.15, -0.1) is 0 Å². The van der Waals surface area contributed by atoms with E-state index in [2.05, 4.69) is 162 Å². The third-order valence-corrected chi connectivity index (χ3v) is 11.1. The molecule has 11 rings (SSSR count). The van der Waals surface area contributed by atoms with Crippen LogP contribution in [-0.2, 0) is 0 Å². The zero-order chi connectivity index (χ0) is 36.3. The van der Waals surface area contributed by atoms with E-state index in [-0.39, 0.29) is 0 Å². The first kappa shape index (κ1) is 31.4. The van der Waals surface area contributed by atoms with Crippen molar-refractivity contribution in [2.75, 3.05) is 0 Å². The van der Waals surface area contributed by atoms with Gasteiger partial charge in [-0.2, -0.15) is 0 Å². The molecule has 55 heavy (non-hydrogen) atoms. The minimum atomic E-state index is 0.639. The third kappa shape index (κ3) is 5.18. The second-order valence-corrected chi connectivity index (χ2v) is 14.3. The van der Waals surface area contributed by atoms with E-state index in [0.717, 1.165) is 40.8 Å². The summed E-state index contributed by atoms with van der Waals surface area (Å²) in [4.78, 5) is 15.1. The average Bonchev–Trinajstić information content (AvgIpc) is 3.63. The van der Waals surface area contributed by atoms with Crippen LogP contribution in [-0.4, -0.2) is 19.5 Å². The van der Waals surface area contributed by atoms with Gasteiger partial charge in [-0.05, 0) is 80.9 Å². The molecule has 0 bridgehead atoms. The van der Waals surface area contributed by atoms with E-state index in [0.29, 0.717) is 17.5 Å². The van der Waals surface area contributed by atoms with Crippen molar-refractivity contribution in [2.45, 2.75) is 12.8 Å². The topological polar surface area (TPSA) is 43.6 Å². The van der Waals surface area contributed by atoms with Gasteiger partial charge in [0.05, 0.1) is 11.0 Å². The normalized spacial score (nSPS) is 12.5. The Morgan fingerprint density at radius 2 is 0.836 bits per heavy atom. The lowest BCUT2D eigenvalue weighted by Gasteiger charge is -2.13. The molecule has 10 aromatic rings. The summed E-state index contributed by atoms with van der Waals surface area (Å²) in [6.45, 7) is 0. The van der Waals surface area contributed by atoms with Gasteiger partial charge >= 0.3 is 0 Å². The van der Waals surface area contributed by atoms with Crippen molar-refractivity contribution in [2.24, 2.45) is 0 Å². The molecule has 0 N–H and O–H groups in total. The minimum Gasteiger partial charge on any atom is -0.309 e. The molecule has 4 nitrogen and oxygen atoms in total. The predicted octanol–water partition coefficient (Wildman–Crippen LogP) is 11.3. The standard InChI is InChI=1S/C51H34N4/c1-3-13-33(14-4-1)34-23-25-37(26-24-34)50-52-49(36-16-5-2-6-17-36)53-51(54-50)38-27-30-39(31-28-38)55-45-32-29-35-15-7-8-18-40(35)46(45)47-43-21-11-9-19-41(43)42-20-10-12-22-44(42)48(47)55/h1-6,9-32H,7-8H2. The highest BCUT2D eigenvalue weighted by Crippen LogP contribution is 2.41. The van der Waals surface area contributed by atoms with Crippen molar-refractivity contribution in [3.63, 3.8) is 0 Å². The quantitative estimate of drug-likeness (QED) is 0.168. The first-order valence-electron chi connectivity index (χ1n) is 18.9. The van der Waals surface area contributed by atoms with Crippen LogP contribution in [0.3, 0.4) is 0 Å². The van der Waals surface area contributed by atoms with E-state index in [1.165, 1.54) is 59.4 Å². The Labute approximate surface area is 318 Å². The summed E-state index contributed by atoms with van der Waals surface area (Å²) in [5, 5.41) is 10.4. The molecule has 0 saturated carbocycles. The van der Waals surface area contributed by atoms with Gasteiger partial charge in [-0.1, -0.05) is 152 Å². The largest absolute Gasteiger partial charge is 0.309 e. The van der Waals surface area contributed by atoms with E-state index in [1.807, 2.05) is 24.3 Å². The highest BCUT2D eigenvalue weighted by atomic mass is 15.0. The van der Waals surface area contributed by atoms with Gasteiger partial charge in [0.25, 0.3) is 0 Å². The van der Waals surface area contributed by atoms with Gasteiger partial charge in [-0.25, -0.2) is 15.0 Å². The molecule has 0 radical (unpaired) electrons. The molecule has 0 aliphatic heterocycles. The molecule has 0 atom stereocenters. The molecule has 2 aromatic heterocycles. The lowest BCUT2D eigenvalue weighted by molar-refractivity contribution is 1.07. The molecule has 0 spiro atoms. The van der Waals surface area contributed by atoms with Gasteiger partial charge in [0.15, 0.2) is 17.5 Å². The Morgan fingerprint density at radius 3 is 1.49 bits per heavy atom. The van der Waals surface area contributed by atoms with Crippen molar-refractivity contribution in [3.05, 3.63) is 180 Å². The lowest BCUT2D eigenvalue weighted by Crippen LogP contribution is -2.27. The summed E-state index contributed by atoms with van der Waals surface area (Å²) >= 11 is 0. The molecule has 258 valence electrons. The Morgan fingerprint density at radius 1 is 0.364 bits per heavy atom. The van der Waals surface area contributed by atoms with E-state index in [9.17, 15) is 0 Å². The molecule has 4 heteroatoms. The van der Waals surface area contributed by atoms with Crippen molar-refractivity contribution < 1.29 is 0 Å². The predicted molar refractivity (Wildman–Crippen MR) is 228 cm³/mol. The molecule has 1 aliphatic rings. The number of hydrogen-bond donors (Lipinski definition) is 0. The van der Waals surface area contributed by atoms with Crippen molar-refractivity contribution >= 4 is 55.5 Å². The molecule has 0 unspecified atom stereocenters. The van der Waals surface area contributed by atoms with Gasteiger partial charge in [-0.3, -0.25) is 0 Å². The van der Waals surface area contributed by atoms with Crippen molar-refractivity contribution in [1.82, 2.24) is 19.5 Å². The van der Waals surface area contributed by atoms with Crippen LogP contribution in [0.4, 0.5) is 0 Å². The van der Waals surface area contributed by atoms with Crippen molar-refractivity contribution in [1.29, 1.82) is 0 Å². The Bertz CT molecular complexity index is 3220. The Balaban J connectivity index is 1.10. The van der Waals surface area contributed by atoms with Crippen LogP contribution >= 0.6 is 0 Å². The van der Waals surface area contributed by atoms with Crippen LogP contribution in [0.2, 0.25) is 0 Å². The Kier molecular flexibility index (Phi) is 7.27. The van der Waals surface area contributed by atoms with Gasteiger partial charge in [0.2, 0.25) is 0 Å². The average molecular weight is 703 g/mol. The SMILES string of the molecule is C1=c2ccc3c(c2=CCC1)c1c2ccccc2c2ccccc2c1n3-c1ccc(-c2nc(-c3ccccc3)nc(-c3ccc(-c4ccccc4)cc3)n2)cc1. The van der Waals surface area contributed by atoms with Gasteiger partial charge in [0, 0.05) is 38.5 Å². The van der Waals surface area contributed by atoms with Crippen LogP contribution in [0, 0.1) is 0 Å². The fourth-order valence-corrected chi connectivity index (χ4v) is 8.49. The van der Waals surface area contributed by atoms with Crippen LogP contribution in [0.25, 0.3) is 106 Å². The van der Waals surface area contributed by atoms with E-state index < -0.39 is 0 Å². The maximum atomic E-state index is 5.08. The van der Waals surface area contributed by atoms with Gasteiger partial charge in [0.1, 0.15) is 0 Å². The van der Waals surface area contributed by atoms with Gasteiger partial charge < -0.3 is 4.57 Å². The molecule has 2 heterocycles. The third-order valence-electron chi connectivity index (χ3n) is 11.1. The maximum absolute atomic E-state index is 5.08. The number of aromatic nitrogens is 4. The Hall–Kier alpha value is -7.17. The summed E-state index contributed by atoms with van der Waals surface area (Å²) in [5.74, 6) is 1.93. The zero-order valence-electron chi connectivity index (χ0n) is 30.0. The summed E-state index contributed by atoms with van der Waals surface area (Å²) in [7, 11) is 0. The van der Waals surface area contributed by atoms with Crippen LogP contribution < -0.4 is 10.4 Å². The maximum Gasteiger partial charge on any atom is 0.164 e. The first-order valence-corrected chi connectivity index (χ1v) is 18.9. The zero-order valence-corrected chi connectivity index (χ0v) is 30.0. The minimum absolute atomic E-state index is 0.639. The van der Waals surface area contributed by atoms with Crippen LogP contribution in [0.5, 0.6) is 0 Å². The smallest absolute Gasteiger partial charge is 0.164 e. The summed E-state index contributed by atoms with van der Waals surface area (Å²) in [5.41, 5.74) is 8.70. The fraction of sp³-hybridized carbons (Fsp3) is 0.0392. The number of benzene rings is 8. The monoisotopic (exact) mass is 702 g/mol. The second-order valence-electron chi connectivity index (χ2n) is 14.3. The highest BCUT2D eigenvalue weighted by Gasteiger charge is 2.21. The first-order chi connectivity index (χ1) is 27.3. The number of rotatable bonds is 5. The molecule has 8 aromatic carbocycles. The number of nitrogens with zero attached hydrogens (tertiary/aromatic N) is 4. The molecule has 0 saturated heterocycles.